The first kappa shape index (κ1) is 35.4. The molecule has 0 radical (unpaired) electrons. The summed E-state index contributed by atoms with van der Waals surface area (Å²) in [6, 6.07) is -0.924. The van der Waals surface area contributed by atoms with Gasteiger partial charge in [-0.3, -0.25) is 4.79 Å². The van der Waals surface area contributed by atoms with Crippen LogP contribution >= 0.6 is 0 Å². The first-order chi connectivity index (χ1) is 11.7. The van der Waals surface area contributed by atoms with Crippen molar-refractivity contribution in [2.24, 2.45) is 0 Å². The van der Waals surface area contributed by atoms with Crippen LogP contribution in [-0.4, -0.2) is 72.2 Å². The number of carboxylic acids is 3. The minimum Gasteiger partial charge on any atom is -0.550 e. The van der Waals surface area contributed by atoms with E-state index in [2.05, 4.69) is 5.32 Å². The van der Waals surface area contributed by atoms with E-state index in [1.165, 1.54) is 0 Å². The first-order valence-corrected chi connectivity index (χ1v) is 7.97. The quantitative estimate of drug-likeness (QED) is 0.156. The van der Waals surface area contributed by atoms with E-state index in [1.54, 1.807) is 6.92 Å². The maximum Gasteiger partial charge on any atom is 1.00 e. The van der Waals surface area contributed by atoms with Crippen LogP contribution in [0.1, 0.15) is 32.6 Å². The summed E-state index contributed by atoms with van der Waals surface area (Å²) in [6.07, 6.45) is -1.52. The van der Waals surface area contributed by atoms with Gasteiger partial charge in [-0.25, -0.2) is 0 Å². The van der Waals surface area contributed by atoms with E-state index >= 15 is 0 Å². The van der Waals surface area contributed by atoms with Crippen LogP contribution in [0.15, 0.2) is 0 Å². The molecule has 0 fully saturated rings. The van der Waals surface area contributed by atoms with Crippen LogP contribution in [0.25, 0.3) is 0 Å². The number of hydrogen-bond acceptors (Lipinski definition) is 8. The van der Waals surface area contributed by atoms with Crippen molar-refractivity contribution in [2.45, 2.75) is 44.8 Å². The van der Waals surface area contributed by atoms with Crippen molar-refractivity contribution in [1.29, 1.82) is 0 Å². The predicted molar refractivity (Wildman–Crippen MR) is 77.9 cm³/mol. The SMILES string of the molecule is CCC[N+](CC(=O)[O-])(CC(O)CNC=O)C(CCC(=O)[O-])CC(=O)[O-].[Li+].[Li+].[Na+]. The third-order valence-corrected chi connectivity index (χ3v) is 3.98. The van der Waals surface area contributed by atoms with Gasteiger partial charge in [0, 0.05) is 31.3 Å². The molecule has 0 aliphatic carbocycles. The molecule has 28 heavy (non-hydrogen) atoms. The van der Waals surface area contributed by atoms with Gasteiger partial charge in [0.1, 0.15) is 19.2 Å². The van der Waals surface area contributed by atoms with Gasteiger partial charge in [-0.2, -0.15) is 0 Å². The van der Waals surface area contributed by atoms with Crippen LogP contribution in [0.4, 0.5) is 0 Å². The number of amides is 1. The number of aliphatic hydroxyl groups excluding tert-OH is 1. The Morgan fingerprint density at radius 2 is 1.68 bits per heavy atom. The van der Waals surface area contributed by atoms with E-state index in [-0.39, 0.29) is 97.8 Å². The van der Waals surface area contributed by atoms with E-state index in [0.717, 1.165) is 0 Å². The van der Waals surface area contributed by atoms with Crippen molar-refractivity contribution in [3.63, 3.8) is 0 Å². The van der Waals surface area contributed by atoms with Crippen LogP contribution in [0, 0.1) is 0 Å². The second-order valence-electron chi connectivity index (χ2n) is 5.98. The fraction of sp³-hybridized carbons (Fsp3) is 0.733. The van der Waals surface area contributed by atoms with Gasteiger partial charge in [-0.15, -0.1) is 0 Å². The number of aliphatic carboxylic acids is 3. The smallest absolute Gasteiger partial charge is 0.550 e. The molecule has 0 aliphatic heterocycles. The maximum absolute atomic E-state index is 11.2. The molecule has 0 rings (SSSR count). The third-order valence-electron chi connectivity index (χ3n) is 3.98. The summed E-state index contributed by atoms with van der Waals surface area (Å²) in [5, 5.41) is 45.4. The van der Waals surface area contributed by atoms with Gasteiger partial charge in [0.15, 0.2) is 0 Å². The Hall–Kier alpha value is -0.00519. The van der Waals surface area contributed by atoms with Gasteiger partial charge in [0.05, 0.1) is 18.6 Å². The second-order valence-corrected chi connectivity index (χ2v) is 5.98. The standard InChI is InChI=1S/C15H26N2O8.2Li.Na/c1-2-5-17(9-15(24)25,8-12(19)7-16-10-18)11(6-14(22)23)3-4-13(20)21;;;/h10-12,19H,2-9H2,1H3,(H3-,16,18,20,21,22,23,24,25);;;/q;3*+1/p-2. The minimum atomic E-state index is -1.46. The molecular weight excluding hydrogens is 373 g/mol. The molecule has 3 unspecified atom stereocenters. The number of aliphatic hydroxyl groups is 1. The molecule has 0 aromatic rings. The number of carboxylic acid groups (broad SMARTS) is 3. The molecular formula is C15H24Li2N2NaO8+. The number of nitrogens with zero attached hydrogens (tertiary/aromatic N) is 1. The van der Waals surface area contributed by atoms with Crippen molar-refractivity contribution in [3.05, 3.63) is 0 Å². The summed E-state index contributed by atoms with van der Waals surface area (Å²) >= 11 is 0. The summed E-state index contributed by atoms with van der Waals surface area (Å²) in [4.78, 5) is 43.4. The summed E-state index contributed by atoms with van der Waals surface area (Å²) in [7, 11) is 0. The summed E-state index contributed by atoms with van der Waals surface area (Å²) in [5.74, 6) is -4.31. The molecule has 13 heteroatoms. The van der Waals surface area contributed by atoms with Crippen molar-refractivity contribution >= 4 is 24.3 Å². The van der Waals surface area contributed by atoms with E-state index in [9.17, 15) is 39.6 Å². The number of rotatable bonds is 15. The Kier molecular flexibility index (Phi) is 24.0. The topological polar surface area (TPSA) is 170 Å². The summed E-state index contributed by atoms with van der Waals surface area (Å²) < 4.78 is -0.387. The van der Waals surface area contributed by atoms with Gasteiger partial charge >= 0.3 is 67.3 Å². The van der Waals surface area contributed by atoms with E-state index < -0.39 is 49.4 Å². The van der Waals surface area contributed by atoms with Crippen LogP contribution < -0.4 is 87.9 Å². The second kappa shape index (κ2) is 19.0. The predicted octanol–water partition coefficient (Wildman–Crippen LogP) is -13.9. The largest absolute Gasteiger partial charge is 1.00 e. The van der Waals surface area contributed by atoms with E-state index in [1.807, 2.05) is 0 Å². The van der Waals surface area contributed by atoms with Crippen LogP contribution in [0.3, 0.4) is 0 Å². The van der Waals surface area contributed by atoms with Crippen molar-refractivity contribution in [2.75, 3.05) is 26.2 Å². The maximum atomic E-state index is 11.2. The summed E-state index contributed by atoms with van der Waals surface area (Å²) in [6.45, 7) is 0.980. The zero-order chi connectivity index (χ0) is 19.5. The summed E-state index contributed by atoms with van der Waals surface area (Å²) in [5.41, 5.74) is 0. The van der Waals surface area contributed by atoms with Crippen molar-refractivity contribution < 1.29 is 111 Å². The van der Waals surface area contributed by atoms with E-state index in [0.29, 0.717) is 12.8 Å². The molecule has 144 valence electrons. The monoisotopic (exact) mass is 397 g/mol. The van der Waals surface area contributed by atoms with Crippen molar-refractivity contribution in [1.82, 2.24) is 5.32 Å². The number of nitrogens with one attached hydrogen (secondary N) is 1. The van der Waals surface area contributed by atoms with Gasteiger partial charge in [-0.1, -0.05) is 6.92 Å². The third kappa shape index (κ3) is 14.9. The number of hydrogen-bond donors (Lipinski definition) is 2. The molecule has 0 aliphatic rings. The van der Waals surface area contributed by atoms with E-state index in [4.69, 9.17) is 0 Å². The van der Waals surface area contributed by atoms with Gasteiger partial charge < -0.3 is 44.6 Å². The molecule has 10 nitrogen and oxygen atoms in total. The molecule has 0 heterocycles. The zero-order valence-electron chi connectivity index (χ0n) is 17.1. The van der Waals surface area contributed by atoms with Gasteiger partial charge in [-0.05, 0) is 12.8 Å². The zero-order valence-corrected chi connectivity index (χ0v) is 19.1. The average Bonchev–Trinajstić information content (AvgIpc) is 2.48. The van der Waals surface area contributed by atoms with Gasteiger partial charge in [0.25, 0.3) is 0 Å². The minimum absolute atomic E-state index is 0. The molecule has 0 saturated carbocycles. The van der Waals surface area contributed by atoms with Gasteiger partial charge in [0.2, 0.25) is 6.41 Å². The molecule has 3 atom stereocenters. The molecule has 0 saturated heterocycles. The van der Waals surface area contributed by atoms with Crippen LogP contribution in [0.5, 0.6) is 0 Å². The molecule has 0 aromatic carbocycles. The van der Waals surface area contributed by atoms with Crippen LogP contribution in [-0.2, 0) is 19.2 Å². The van der Waals surface area contributed by atoms with Crippen LogP contribution in [0.2, 0.25) is 0 Å². The number of quaternary nitrogens is 1. The average molecular weight is 397 g/mol. The Labute approximate surface area is 210 Å². The molecule has 2 N–H and O–H groups in total. The normalized spacial score (nSPS) is 13.9. The molecule has 0 spiro atoms. The fourth-order valence-corrected chi connectivity index (χ4v) is 3.11. The Morgan fingerprint density at radius 3 is 2.07 bits per heavy atom. The van der Waals surface area contributed by atoms with Crippen molar-refractivity contribution in [3.8, 4) is 0 Å². The molecule has 0 bridgehead atoms. The fourth-order valence-electron chi connectivity index (χ4n) is 3.11. The Balaban J connectivity index is -0.000000960. The Bertz CT molecular complexity index is 487. The molecule has 1 amide bonds. The number of carbonyl (C=O) groups is 4. The number of carbonyl (C=O) groups excluding carboxylic acids is 4. The Morgan fingerprint density at radius 1 is 1.11 bits per heavy atom. The first-order valence-electron chi connectivity index (χ1n) is 7.97. The molecule has 0 aromatic heterocycles.